The third kappa shape index (κ3) is 2.13. The Kier molecular flexibility index (Phi) is 3.90. The average molecular weight is 348 g/mol. The first kappa shape index (κ1) is 16.9. The van der Waals surface area contributed by atoms with E-state index >= 15 is 0 Å². The van der Waals surface area contributed by atoms with Gasteiger partial charge >= 0.3 is 0 Å². The molecule has 130 valence electrons. The topological polar surface area (TPSA) is 148 Å². The molecule has 0 spiro atoms. The monoisotopic (exact) mass is 348 g/mol. The van der Waals surface area contributed by atoms with Gasteiger partial charge in [0.1, 0.15) is 35.5 Å². The molecule has 3 fully saturated rings. The zero-order valence-electron chi connectivity index (χ0n) is 12.3. The van der Waals surface area contributed by atoms with Crippen molar-refractivity contribution in [2.24, 2.45) is 5.92 Å². The molecular formula is C13H20N2O7S. The van der Waals surface area contributed by atoms with Crippen LogP contribution in [0, 0.1) is 5.92 Å². The highest BCUT2D eigenvalue weighted by Crippen LogP contribution is 2.66. The van der Waals surface area contributed by atoms with Gasteiger partial charge in [-0.1, -0.05) is 0 Å². The van der Waals surface area contributed by atoms with Gasteiger partial charge in [-0.3, -0.25) is 9.59 Å². The number of amides is 2. The smallest absolute Gasteiger partial charge is 0.244 e. The minimum Gasteiger partial charge on any atom is -0.394 e. The third-order valence-corrected chi connectivity index (χ3v) is 5.40. The number of carbonyl (C=O) groups is 2. The molecule has 2 saturated carbocycles. The van der Waals surface area contributed by atoms with Crippen molar-refractivity contribution in [1.29, 1.82) is 0 Å². The largest absolute Gasteiger partial charge is 0.394 e. The summed E-state index contributed by atoms with van der Waals surface area (Å²) in [6.07, 6.45) is -4.19. The molecular weight excluding hydrogens is 328 g/mol. The molecule has 8 atom stereocenters. The fourth-order valence-corrected chi connectivity index (χ4v) is 4.01. The van der Waals surface area contributed by atoms with Crippen LogP contribution in [0.1, 0.15) is 6.92 Å². The number of nitrogens with one attached hydrogen (secondary N) is 2. The van der Waals surface area contributed by atoms with E-state index in [1.165, 1.54) is 6.92 Å². The van der Waals surface area contributed by atoms with Gasteiger partial charge in [-0.15, -0.1) is 0 Å². The first-order valence-electron chi connectivity index (χ1n) is 7.29. The maximum atomic E-state index is 12.3. The van der Waals surface area contributed by atoms with Crippen LogP contribution >= 0.6 is 12.6 Å². The molecule has 3 aliphatic rings. The molecule has 2 amide bonds. The maximum absolute atomic E-state index is 12.3. The van der Waals surface area contributed by atoms with Crippen LogP contribution in [0.2, 0.25) is 0 Å². The van der Waals surface area contributed by atoms with Crippen LogP contribution < -0.4 is 10.6 Å². The SMILES string of the molecule is CC(=O)NC(CS)C(=O)NC12C(O)C1OC(CO)C1(O)C(O)C12. The van der Waals surface area contributed by atoms with Crippen LogP contribution in [-0.2, 0) is 14.3 Å². The molecule has 2 aliphatic carbocycles. The van der Waals surface area contributed by atoms with Crippen LogP contribution in [0.4, 0.5) is 0 Å². The van der Waals surface area contributed by atoms with E-state index in [-0.39, 0.29) is 5.75 Å². The number of ether oxygens (including phenoxy) is 1. The van der Waals surface area contributed by atoms with Crippen LogP contribution in [0.25, 0.3) is 0 Å². The molecule has 0 bridgehead atoms. The van der Waals surface area contributed by atoms with Gasteiger partial charge in [-0.05, 0) is 0 Å². The highest BCUT2D eigenvalue weighted by Gasteiger charge is 2.89. The van der Waals surface area contributed by atoms with Crippen molar-refractivity contribution in [2.75, 3.05) is 12.4 Å². The molecule has 8 unspecified atom stereocenters. The van der Waals surface area contributed by atoms with Gasteiger partial charge in [0.05, 0.1) is 18.6 Å². The summed E-state index contributed by atoms with van der Waals surface area (Å²) in [7, 11) is 0. The number of aliphatic hydroxyl groups is 4. The predicted molar refractivity (Wildman–Crippen MR) is 78.5 cm³/mol. The summed E-state index contributed by atoms with van der Waals surface area (Å²) in [6, 6.07) is -0.918. The van der Waals surface area contributed by atoms with Gasteiger partial charge in [-0.25, -0.2) is 0 Å². The van der Waals surface area contributed by atoms with Crippen molar-refractivity contribution in [3.8, 4) is 0 Å². The zero-order valence-corrected chi connectivity index (χ0v) is 13.2. The minimum absolute atomic E-state index is 0.0415. The standard InChI is InChI=1S/C13H20N2O7S/c1-4(17)14-5(3-23)11(20)15-12-7-8(18)13(7,21)6(2-16)22-10(12)9(12)19/h5-10,16,18-19,21,23H,2-3H2,1H3,(H,14,17)(H,15,20). The molecule has 1 aliphatic heterocycles. The second kappa shape index (κ2) is 5.30. The van der Waals surface area contributed by atoms with Gasteiger partial charge in [-0.2, -0.15) is 12.6 Å². The number of fused-ring (bicyclic) bond motifs is 3. The Balaban J connectivity index is 1.78. The molecule has 0 aromatic heterocycles. The molecule has 6 N–H and O–H groups in total. The lowest BCUT2D eigenvalue weighted by Gasteiger charge is -2.31. The second-order valence-electron chi connectivity index (χ2n) is 6.34. The second-order valence-corrected chi connectivity index (χ2v) is 6.71. The number of hydrogen-bond acceptors (Lipinski definition) is 8. The van der Waals surface area contributed by atoms with Crippen molar-refractivity contribution in [1.82, 2.24) is 10.6 Å². The normalized spacial score (nSPS) is 47.8. The average Bonchev–Trinajstić information content (AvgIpc) is 3.27. The highest BCUT2D eigenvalue weighted by atomic mass is 32.1. The number of thiol groups is 1. The van der Waals surface area contributed by atoms with Crippen molar-refractivity contribution in [3.05, 3.63) is 0 Å². The van der Waals surface area contributed by atoms with E-state index in [1.807, 2.05) is 0 Å². The Labute approximate surface area is 137 Å². The molecule has 10 heteroatoms. The molecule has 23 heavy (non-hydrogen) atoms. The first-order valence-corrected chi connectivity index (χ1v) is 7.93. The summed E-state index contributed by atoms with van der Waals surface area (Å²) in [6.45, 7) is 0.748. The van der Waals surface area contributed by atoms with Crippen LogP contribution in [0.15, 0.2) is 0 Å². The summed E-state index contributed by atoms with van der Waals surface area (Å²) in [4.78, 5) is 23.4. The van der Waals surface area contributed by atoms with E-state index in [4.69, 9.17) is 4.74 Å². The van der Waals surface area contributed by atoms with E-state index < -0.39 is 65.9 Å². The zero-order chi connectivity index (χ0) is 17.2. The Morgan fingerprint density at radius 1 is 1.35 bits per heavy atom. The lowest BCUT2D eigenvalue weighted by molar-refractivity contribution is -0.137. The fraction of sp³-hybridized carbons (Fsp3) is 0.846. The number of carbonyl (C=O) groups excluding carboxylic acids is 2. The van der Waals surface area contributed by atoms with Crippen molar-refractivity contribution in [3.63, 3.8) is 0 Å². The minimum atomic E-state index is -1.71. The van der Waals surface area contributed by atoms with Crippen molar-refractivity contribution in [2.45, 2.75) is 48.5 Å². The first-order chi connectivity index (χ1) is 10.7. The van der Waals surface area contributed by atoms with E-state index in [0.717, 1.165) is 0 Å². The van der Waals surface area contributed by atoms with Gasteiger partial charge in [0.2, 0.25) is 11.8 Å². The van der Waals surface area contributed by atoms with Gasteiger partial charge in [0.25, 0.3) is 0 Å². The van der Waals surface area contributed by atoms with E-state index in [0.29, 0.717) is 0 Å². The molecule has 1 heterocycles. The van der Waals surface area contributed by atoms with Crippen LogP contribution in [-0.4, -0.2) is 86.2 Å². The van der Waals surface area contributed by atoms with Crippen molar-refractivity contribution < 1.29 is 34.8 Å². The number of aliphatic hydroxyl groups excluding tert-OH is 3. The number of rotatable bonds is 5. The summed E-state index contributed by atoms with van der Waals surface area (Å²) >= 11 is 4.01. The Bertz CT molecular complexity index is 548. The fourth-order valence-electron chi connectivity index (χ4n) is 3.75. The summed E-state index contributed by atoms with van der Waals surface area (Å²) in [5.74, 6) is -1.81. The molecule has 3 rings (SSSR count). The number of hydrogen-bond donors (Lipinski definition) is 7. The lowest BCUT2D eigenvalue weighted by Crippen LogP contribution is -2.57. The highest BCUT2D eigenvalue weighted by molar-refractivity contribution is 7.80. The Hall–Kier alpha value is -0.910. The molecule has 1 saturated heterocycles. The Morgan fingerprint density at radius 3 is 2.52 bits per heavy atom. The van der Waals surface area contributed by atoms with Crippen LogP contribution in [0.3, 0.4) is 0 Å². The Morgan fingerprint density at radius 2 is 2.00 bits per heavy atom. The molecule has 0 aromatic rings. The molecule has 9 nitrogen and oxygen atoms in total. The van der Waals surface area contributed by atoms with Crippen LogP contribution in [0.5, 0.6) is 0 Å². The lowest BCUT2D eigenvalue weighted by atomic mass is 9.99. The summed E-state index contributed by atoms with van der Waals surface area (Å²) in [5, 5.41) is 44.9. The predicted octanol–water partition coefficient (Wildman–Crippen LogP) is -3.87. The van der Waals surface area contributed by atoms with Gasteiger partial charge in [0, 0.05) is 12.7 Å². The van der Waals surface area contributed by atoms with Gasteiger partial charge < -0.3 is 35.8 Å². The summed E-state index contributed by atoms with van der Waals surface area (Å²) in [5.41, 5.74) is -3.03. The van der Waals surface area contributed by atoms with E-state index in [1.54, 1.807) is 0 Å². The maximum Gasteiger partial charge on any atom is 0.244 e. The van der Waals surface area contributed by atoms with E-state index in [9.17, 15) is 30.0 Å². The van der Waals surface area contributed by atoms with Crippen molar-refractivity contribution >= 4 is 24.4 Å². The molecule has 0 radical (unpaired) electrons. The third-order valence-electron chi connectivity index (χ3n) is 5.04. The quantitative estimate of drug-likeness (QED) is 0.251. The van der Waals surface area contributed by atoms with Gasteiger partial charge in [0.15, 0.2) is 0 Å². The van der Waals surface area contributed by atoms with E-state index in [2.05, 4.69) is 23.3 Å². The summed E-state index contributed by atoms with van der Waals surface area (Å²) < 4.78 is 5.42. The molecule has 0 aromatic carbocycles.